The topological polar surface area (TPSA) is 78.8 Å². The average Bonchev–Trinajstić information content (AvgIpc) is 2.62. The number of phenolic OH excluding ortho intramolecular Hbond substituents is 2. The Morgan fingerprint density at radius 3 is 1.84 bits per heavy atom. The van der Waals surface area contributed by atoms with Crippen molar-refractivity contribution in [1.29, 1.82) is 0 Å². The van der Waals surface area contributed by atoms with Crippen LogP contribution in [0.2, 0.25) is 0 Å². The molecule has 0 spiro atoms. The molecule has 0 radical (unpaired) electrons. The molecule has 0 saturated carbocycles. The summed E-state index contributed by atoms with van der Waals surface area (Å²) in [6.45, 7) is 0. The van der Waals surface area contributed by atoms with Crippen LogP contribution in [0.5, 0.6) is 17.2 Å². The molecule has 5 heteroatoms. The van der Waals surface area contributed by atoms with Crippen LogP contribution in [-0.2, 0) is 10.4 Å². The van der Waals surface area contributed by atoms with E-state index in [9.17, 15) is 15.0 Å². The molecule has 0 saturated heterocycles. The summed E-state index contributed by atoms with van der Waals surface area (Å²) in [5.41, 5.74) is 0.321. The van der Waals surface area contributed by atoms with Crippen LogP contribution in [0.15, 0.2) is 72.8 Å². The van der Waals surface area contributed by atoms with Crippen molar-refractivity contribution < 1.29 is 19.7 Å². The van der Waals surface area contributed by atoms with Crippen LogP contribution in [0.3, 0.4) is 0 Å². The number of phenols is 2. The third-order valence-corrected chi connectivity index (χ3v) is 4.27. The van der Waals surface area contributed by atoms with E-state index in [0.29, 0.717) is 22.6 Å². The Balaban J connectivity index is 1.95. The van der Waals surface area contributed by atoms with Crippen LogP contribution in [0.1, 0.15) is 11.1 Å². The minimum absolute atomic E-state index is 0.0984. The van der Waals surface area contributed by atoms with E-state index >= 15 is 0 Å². The molecule has 0 aromatic heterocycles. The Morgan fingerprint density at radius 2 is 1.28 bits per heavy atom. The maximum Gasteiger partial charge on any atom is 0.278 e. The summed E-state index contributed by atoms with van der Waals surface area (Å²) in [4.78, 5) is 13.1. The van der Waals surface area contributed by atoms with Crippen LogP contribution >= 0.6 is 0 Å². The van der Waals surface area contributed by atoms with Crippen molar-refractivity contribution in [3.05, 3.63) is 83.9 Å². The van der Waals surface area contributed by atoms with Crippen LogP contribution in [0, 0.1) is 0 Å². The van der Waals surface area contributed by atoms with E-state index < -0.39 is 5.60 Å². The third-order valence-electron chi connectivity index (χ3n) is 4.27. The number of fused-ring (bicyclic) bond motifs is 1. The standard InChI is InChI=1S/C20H15NO4/c22-15-9-5-13(6-10-15)20(14-7-11-16(23)12-8-14)19(24)21-17-3-1-2-4-18(17)25-20/h1-12,22-23H,(H,21,24). The number of hydrogen-bond donors (Lipinski definition) is 3. The number of carbonyl (C=O) groups is 1. The molecule has 124 valence electrons. The normalized spacial score (nSPS) is 15.0. The Hall–Kier alpha value is -3.47. The fourth-order valence-corrected chi connectivity index (χ4v) is 3.02. The van der Waals surface area contributed by atoms with Gasteiger partial charge in [-0.25, -0.2) is 0 Å². The number of nitrogens with one attached hydrogen (secondary N) is 1. The predicted molar refractivity (Wildman–Crippen MR) is 92.7 cm³/mol. The molecule has 0 aliphatic carbocycles. The first-order valence-electron chi connectivity index (χ1n) is 7.78. The number of hydrogen-bond acceptors (Lipinski definition) is 4. The minimum Gasteiger partial charge on any atom is -0.508 e. The summed E-state index contributed by atoms with van der Waals surface area (Å²) >= 11 is 0. The number of amides is 1. The first-order chi connectivity index (χ1) is 12.1. The Labute approximate surface area is 144 Å². The SMILES string of the molecule is O=C1Nc2ccccc2OC1(c1ccc(O)cc1)c1ccc(O)cc1. The van der Waals surface area contributed by atoms with Crippen molar-refractivity contribution in [1.82, 2.24) is 0 Å². The lowest BCUT2D eigenvalue weighted by Gasteiger charge is -2.38. The van der Waals surface area contributed by atoms with Gasteiger partial charge in [-0.15, -0.1) is 0 Å². The van der Waals surface area contributed by atoms with Gasteiger partial charge in [-0.3, -0.25) is 4.79 Å². The van der Waals surface area contributed by atoms with Gasteiger partial charge in [0, 0.05) is 11.1 Å². The molecule has 3 aromatic rings. The van der Waals surface area contributed by atoms with Gasteiger partial charge < -0.3 is 20.3 Å². The quantitative estimate of drug-likeness (QED) is 0.672. The Kier molecular flexibility index (Phi) is 3.35. The van der Waals surface area contributed by atoms with Crippen LogP contribution in [0.4, 0.5) is 5.69 Å². The fourth-order valence-electron chi connectivity index (χ4n) is 3.02. The number of ether oxygens (including phenoxy) is 1. The zero-order valence-electron chi connectivity index (χ0n) is 13.1. The molecular weight excluding hydrogens is 318 g/mol. The monoisotopic (exact) mass is 333 g/mol. The first-order valence-corrected chi connectivity index (χ1v) is 7.78. The highest BCUT2D eigenvalue weighted by Crippen LogP contribution is 2.43. The number of anilines is 1. The van der Waals surface area contributed by atoms with Gasteiger partial charge in [0.2, 0.25) is 5.60 Å². The summed E-state index contributed by atoms with van der Waals surface area (Å²) < 4.78 is 6.21. The summed E-state index contributed by atoms with van der Waals surface area (Å²) in [5.74, 6) is 0.397. The van der Waals surface area contributed by atoms with Gasteiger partial charge in [0.05, 0.1) is 5.69 Å². The van der Waals surface area contributed by atoms with Gasteiger partial charge in [0.15, 0.2) is 0 Å². The second-order valence-electron chi connectivity index (χ2n) is 5.83. The summed E-state index contributed by atoms with van der Waals surface area (Å²) in [5, 5.41) is 22.1. The maximum absolute atomic E-state index is 13.1. The molecule has 0 unspecified atom stereocenters. The predicted octanol–water partition coefficient (Wildman–Crippen LogP) is 3.37. The Bertz CT molecular complexity index is 887. The van der Waals surface area contributed by atoms with Crippen LogP contribution in [-0.4, -0.2) is 16.1 Å². The molecule has 1 aliphatic heterocycles. The largest absolute Gasteiger partial charge is 0.508 e. The highest BCUT2D eigenvalue weighted by atomic mass is 16.5. The van der Waals surface area contributed by atoms with Crippen LogP contribution < -0.4 is 10.1 Å². The van der Waals surface area contributed by atoms with Gasteiger partial charge >= 0.3 is 0 Å². The van der Waals surface area contributed by atoms with Crippen molar-refractivity contribution >= 4 is 11.6 Å². The van der Waals surface area contributed by atoms with E-state index in [1.165, 1.54) is 24.3 Å². The lowest BCUT2D eigenvalue weighted by atomic mass is 9.84. The number of carbonyl (C=O) groups excluding carboxylic acids is 1. The Morgan fingerprint density at radius 1 is 0.760 bits per heavy atom. The van der Waals surface area contributed by atoms with Crippen molar-refractivity contribution in [3.8, 4) is 17.2 Å². The molecule has 1 heterocycles. The number of benzene rings is 3. The smallest absolute Gasteiger partial charge is 0.278 e. The molecule has 1 aliphatic rings. The third kappa shape index (κ3) is 2.37. The number of rotatable bonds is 2. The van der Waals surface area contributed by atoms with Gasteiger partial charge in [-0.1, -0.05) is 36.4 Å². The zero-order valence-corrected chi connectivity index (χ0v) is 13.1. The van der Waals surface area contributed by atoms with Crippen molar-refractivity contribution in [2.45, 2.75) is 5.60 Å². The molecule has 0 atom stereocenters. The van der Waals surface area contributed by atoms with Crippen molar-refractivity contribution in [3.63, 3.8) is 0 Å². The lowest BCUT2D eigenvalue weighted by molar-refractivity contribution is -0.129. The second-order valence-corrected chi connectivity index (χ2v) is 5.83. The molecular formula is C20H15NO4. The number of para-hydroxylation sites is 2. The molecule has 1 amide bonds. The van der Waals surface area contributed by atoms with E-state index in [1.54, 1.807) is 36.4 Å². The molecule has 3 aromatic carbocycles. The van der Waals surface area contributed by atoms with Gasteiger partial charge in [0.25, 0.3) is 5.91 Å². The van der Waals surface area contributed by atoms with Crippen molar-refractivity contribution in [2.24, 2.45) is 0 Å². The molecule has 0 fully saturated rings. The average molecular weight is 333 g/mol. The molecule has 25 heavy (non-hydrogen) atoms. The number of aromatic hydroxyl groups is 2. The van der Waals surface area contributed by atoms with E-state index in [2.05, 4.69) is 5.32 Å². The van der Waals surface area contributed by atoms with E-state index in [4.69, 9.17) is 4.74 Å². The molecule has 4 rings (SSSR count). The second kappa shape index (κ2) is 5.56. The van der Waals surface area contributed by atoms with Gasteiger partial charge in [0.1, 0.15) is 17.2 Å². The minimum atomic E-state index is -1.42. The van der Waals surface area contributed by atoms with E-state index in [-0.39, 0.29) is 17.4 Å². The summed E-state index contributed by atoms with van der Waals surface area (Å²) in [7, 11) is 0. The van der Waals surface area contributed by atoms with Crippen molar-refractivity contribution in [2.75, 3.05) is 5.32 Å². The zero-order chi connectivity index (χ0) is 17.4. The highest BCUT2D eigenvalue weighted by molar-refractivity contribution is 6.03. The molecule has 5 nitrogen and oxygen atoms in total. The maximum atomic E-state index is 13.1. The van der Waals surface area contributed by atoms with E-state index in [0.717, 1.165) is 0 Å². The first kappa shape index (κ1) is 15.1. The lowest BCUT2D eigenvalue weighted by Crippen LogP contribution is -2.49. The van der Waals surface area contributed by atoms with Gasteiger partial charge in [-0.2, -0.15) is 0 Å². The molecule has 0 bridgehead atoms. The summed E-state index contributed by atoms with van der Waals surface area (Å²) in [6.07, 6.45) is 0. The van der Waals surface area contributed by atoms with Crippen LogP contribution in [0.25, 0.3) is 0 Å². The fraction of sp³-hybridized carbons (Fsp3) is 0.0500. The van der Waals surface area contributed by atoms with Gasteiger partial charge in [-0.05, 0) is 36.4 Å². The van der Waals surface area contributed by atoms with E-state index in [1.807, 2.05) is 12.1 Å². The summed E-state index contributed by atoms with van der Waals surface area (Å²) in [6, 6.07) is 19.8. The highest BCUT2D eigenvalue weighted by Gasteiger charge is 2.48. The molecule has 3 N–H and O–H groups in total.